The van der Waals surface area contributed by atoms with Gasteiger partial charge in [-0.25, -0.2) is 13.2 Å². The number of carboxylic acids is 1. The lowest BCUT2D eigenvalue weighted by Crippen LogP contribution is -2.40. The molecular formula is C22H26N2O7S. The number of anilines is 1. The molecule has 9 nitrogen and oxygen atoms in total. The van der Waals surface area contributed by atoms with Crippen LogP contribution in [0.5, 0.6) is 11.5 Å². The van der Waals surface area contributed by atoms with E-state index in [0.717, 1.165) is 6.08 Å². The monoisotopic (exact) mass is 462 g/mol. The summed E-state index contributed by atoms with van der Waals surface area (Å²) in [4.78, 5) is 22.8. The van der Waals surface area contributed by atoms with Crippen molar-refractivity contribution < 1.29 is 32.6 Å². The molecule has 0 heterocycles. The molecule has 0 bridgehead atoms. The number of aliphatic carboxylic acids is 1. The number of rotatable bonds is 8. The molecule has 32 heavy (non-hydrogen) atoms. The normalized spacial score (nSPS) is 11.8. The summed E-state index contributed by atoms with van der Waals surface area (Å²) in [6.45, 7) is 5.57. The molecule has 0 spiro atoms. The molecule has 10 heteroatoms. The summed E-state index contributed by atoms with van der Waals surface area (Å²) in [5.74, 6) is -1.38. The van der Waals surface area contributed by atoms with E-state index in [1.165, 1.54) is 56.7 Å². The SMILES string of the molecule is COc1cc(/C=C/C(=O)O)cc(S(=O)(=O)Nc2ccc(C(=O)NC(C)(C)C)cc2)c1OC. The minimum absolute atomic E-state index is 0.0337. The number of hydrogen-bond acceptors (Lipinski definition) is 6. The van der Waals surface area contributed by atoms with Crippen molar-refractivity contribution in [2.24, 2.45) is 0 Å². The van der Waals surface area contributed by atoms with E-state index in [0.29, 0.717) is 11.1 Å². The van der Waals surface area contributed by atoms with Crippen LogP contribution in [0.4, 0.5) is 5.69 Å². The molecule has 2 rings (SSSR count). The van der Waals surface area contributed by atoms with Crippen molar-refractivity contribution in [3.63, 3.8) is 0 Å². The lowest BCUT2D eigenvalue weighted by molar-refractivity contribution is -0.131. The van der Waals surface area contributed by atoms with Gasteiger partial charge in [0.05, 0.1) is 14.2 Å². The van der Waals surface area contributed by atoms with Crippen LogP contribution < -0.4 is 19.5 Å². The summed E-state index contributed by atoms with van der Waals surface area (Å²) in [7, 11) is -1.51. The van der Waals surface area contributed by atoms with Gasteiger partial charge in [-0.05, 0) is 68.8 Å². The number of nitrogens with one attached hydrogen (secondary N) is 2. The van der Waals surface area contributed by atoms with Gasteiger partial charge >= 0.3 is 5.97 Å². The van der Waals surface area contributed by atoms with Crippen molar-refractivity contribution >= 4 is 33.7 Å². The Balaban J connectivity index is 2.40. The van der Waals surface area contributed by atoms with E-state index in [1.54, 1.807) is 0 Å². The van der Waals surface area contributed by atoms with Crippen LogP contribution in [0, 0.1) is 0 Å². The van der Waals surface area contributed by atoms with E-state index in [2.05, 4.69) is 10.0 Å². The molecule has 1 amide bonds. The van der Waals surface area contributed by atoms with Crippen molar-refractivity contribution in [3.8, 4) is 11.5 Å². The van der Waals surface area contributed by atoms with Gasteiger partial charge in [0.2, 0.25) is 0 Å². The lowest BCUT2D eigenvalue weighted by atomic mass is 10.1. The third kappa shape index (κ3) is 6.48. The highest BCUT2D eigenvalue weighted by molar-refractivity contribution is 7.92. The molecule has 0 saturated heterocycles. The van der Waals surface area contributed by atoms with E-state index in [9.17, 15) is 18.0 Å². The first-order valence-corrected chi connectivity index (χ1v) is 11.0. The number of methoxy groups -OCH3 is 2. The van der Waals surface area contributed by atoms with Gasteiger partial charge in [-0.3, -0.25) is 9.52 Å². The minimum Gasteiger partial charge on any atom is -0.493 e. The Morgan fingerprint density at radius 1 is 1.03 bits per heavy atom. The zero-order chi connectivity index (χ0) is 24.1. The maximum Gasteiger partial charge on any atom is 0.328 e. The molecule has 2 aromatic rings. The summed E-state index contributed by atoms with van der Waals surface area (Å²) in [6.07, 6.45) is 2.12. The second-order valence-electron chi connectivity index (χ2n) is 7.81. The van der Waals surface area contributed by atoms with Crippen molar-refractivity contribution in [2.45, 2.75) is 31.2 Å². The molecular weight excluding hydrogens is 436 g/mol. The maximum absolute atomic E-state index is 13.1. The van der Waals surface area contributed by atoms with Crippen LogP contribution in [0.25, 0.3) is 6.08 Å². The number of amides is 1. The number of hydrogen-bond donors (Lipinski definition) is 3. The Morgan fingerprint density at radius 2 is 1.66 bits per heavy atom. The fourth-order valence-electron chi connectivity index (χ4n) is 2.73. The predicted molar refractivity (Wildman–Crippen MR) is 121 cm³/mol. The Kier molecular flexibility index (Phi) is 7.52. The molecule has 0 atom stereocenters. The van der Waals surface area contributed by atoms with Gasteiger partial charge in [0, 0.05) is 22.9 Å². The highest BCUT2D eigenvalue weighted by Crippen LogP contribution is 2.37. The third-order valence-corrected chi connectivity index (χ3v) is 5.45. The molecule has 0 unspecified atom stereocenters. The number of sulfonamides is 1. The van der Waals surface area contributed by atoms with Crippen molar-refractivity contribution in [2.75, 3.05) is 18.9 Å². The van der Waals surface area contributed by atoms with Gasteiger partial charge in [-0.2, -0.15) is 0 Å². The minimum atomic E-state index is -4.15. The van der Waals surface area contributed by atoms with Crippen LogP contribution >= 0.6 is 0 Å². The van der Waals surface area contributed by atoms with Gasteiger partial charge in [0.25, 0.3) is 15.9 Å². The molecule has 0 aliphatic rings. The Hall–Kier alpha value is -3.53. The van der Waals surface area contributed by atoms with Gasteiger partial charge in [0.15, 0.2) is 11.5 Å². The zero-order valence-electron chi connectivity index (χ0n) is 18.4. The quantitative estimate of drug-likeness (QED) is 0.514. The number of carbonyl (C=O) groups excluding carboxylic acids is 1. The van der Waals surface area contributed by atoms with Gasteiger partial charge in [-0.15, -0.1) is 0 Å². The summed E-state index contributed by atoms with van der Waals surface area (Å²) < 4.78 is 39.0. The highest BCUT2D eigenvalue weighted by atomic mass is 32.2. The van der Waals surface area contributed by atoms with Crippen LogP contribution in [0.2, 0.25) is 0 Å². The summed E-state index contributed by atoms with van der Waals surface area (Å²) in [6, 6.07) is 8.67. The molecule has 2 aromatic carbocycles. The first kappa shape index (κ1) is 24.7. The molecule has 172 valence electrons. The second-order valence-corrected chi connectivity index (χ2v) is 9.46. The largest absolute Gasteiger partial charge is 0.493 e. The van der Waals surface area contributed by atoms with E-state index in [-0.39, 0.29) is 28.0 Å². The topological polar surface area (TPSA) is 131 Å². The maximum atomic E-state index is 13.1. The van der Waals surface area contributed by atoms with Gasteiger partial charge in [-0.1, -0.05) is 0 Å². The number of benzene rings is 2. The van der Waals surface area contributed by atoms with Crippen LogP contribution in [0.15, 0.2) is 47.4 Å². The standard InChI is InChI=1S/C22H26N2O7S/c1-22(2,3)23-21(27)15-7-9-16(10-8-15)24-32(28,29)18-13-14(6-11-19(25)26)12-17(30-4)20(18)31-5/h6-13,24H,1-5H3,(H,23,27)(H,25,26)/b11-6+. The van der Waals surface area contributed by atoms with Crippen LogP contribution in [0.3, 0.4) is 0 Å². The van der Waals surface area contributed by atoms with E-state index in [4.69, 9.17) is 14.6 Å². The van der Waals surface area contributed by atoms with Gasteiger partial charge in [0.1, 0.15) is 4.90 Å². The Labute approximate surface area is 187 Å². The first-order valence-electron chi connectivity index (χ1n) is 9.48. The second kappa shape index (κ2) is 9.73. The molecule has 0 radical (unpaired) electrons. The molecule has 0 fully saturated rings. The molecule has 3 N–H and O–H groups in total. The van der Waals surface area contributed by atoms with Crippen molar-refractivity contribution in [1.29, 1.82) is 0 Å². The predicted octanol–water partition coefficient (Wildman–Crippen LogP) is 3.13. The number of carboxylic acid groups (broad SMARTS) is 1. The fourth-order valence-corrected chi connectivity index (χ4v) is 4.00. The average Bonchev–Trinajstić information content (AvgIpc) is 2.70. The van der Waals surface area contributed by atoms with Crippen LogP contribution in [-0.2, 0) is 14.8 Å². The average molecular weight is 463 g/mol. The lowest BCUT2D eigenvalue weighted by Gasteiger charge is -2.20. The smallest absolute Gasteiger partial charge is 0.328 e. The Morgan fingerprint density at radius 3 is 2.16 bits per heavy atom. The number of carbonyl (C=O) groups is 2. The zero-order valence-corrected chi connectivity index (χ0v) is 19.2. The van der Waals surface area contributed by atoms with Gasteiger partial charge < -0.3 is 19.9 Å². The van der Waals surface area contributed by atoms with E-state index in [1.807, 2.05) is 20.8 Å². The van der Waals surface area contributed by atoms with Crippen LogP contribution in [-0.4, -0.2) is 45.2 Å². The third-order valence-electron chi connectivity index (χ3n) is 4.06. The highest BCUT2D eigenvalue weighted by Gasteiger charge is 2.24. The summed E-state index contributed by atoms with van der Waals surface area (Å²) >= 11 is 0. The van der Waals surface area contributed by atoms with Crippen LogP contribution in [0.1, 0.15) is 36.7 Å². The first-order chi connectivity index (χ1) is 14.9. The molecule has 0 aromatic heterocycles. The fraction of sp³-hybridized carbons (Fsp3) is 0.273. The molecule has 0 aliphatic heterocycles. The summed E-state index contributed by atoms with van der Waals surface area (Å²) in [5.41, 5.74) is 0.486. The van der Waals surface area contributed by atoms with E-state index < -0.39 is 21.5 Å². The Bertz CT molecular complexity index is 1130. The number of ether oxygens (including phenoxy) is 2. The van der Waals surface area contributed by atoms with E-state index >= 15 is 0 Å². The summed E-state index contributed by atoms with van der Waals surface area (Å²) in [5, 5.41) is 11.7. The molecule has 0 aliphatic carbocycles. The molecule has 0 saturated carbocycles. The van der Waals surface area contributed by atoms with Crippen molar-refractivity contribution in [3.05, 3.63) is 53.6 Å². The van der Waals surface area contributed by atoms with Crippen molar-refractivity contribution in [1.82, 2.24) is 5.32 Å².